The number of amides is 1. The van der Waals surface area contributed by atoms with Crippen molar-refractivity contribution in [3.05, 3.63) is 11.6 Å². The van der Waals surface area contributed by atoms with Gasteiger partial charge in [-0.2, -0.15) is 0 Å². The molecule has 0 aromatic heterocycles. The average Bonchev–Trinajstić information content (AvgIpc) is 2.46. The molecule has 2 N–H and O–H groups in total. The molecule has 0 aromatic rings. The van der Waals surface area contributed by atoms with Gasteiger partial charge in [0, 0.05) is 12.0 Å². The second kappa shape index (κ2) is 4.83. The molecule has 0 radical (unpaired) electrons. The number of carbonyl (C=O) groups is 1. The van der Waals surface area contributed by atoms with Crippen LogP contribution < -0.4 is 5.32 Å². The third kappa shape index (κ3) is 2.01. The van der Waals surface area contributed by atoms with E-state index in [9.17, 15) is 9.90 Å². The molecule has 1 aliphatic heterocycles. The third-order valence-electron chi connectivity index (χ3n) is 7.57. The molecule has 3 aliphatic carbocycles. The summed E-state index contributed by atoms with van der Waals surface area (Å²) >= 11 is 0. The molecule has 3 nitrogen and oxygen atoms in total. The molecule has 1 amide bonds. The van der Waals surface area contributed by atoms with Crippen molar-refractivity contribution in [2.24, 2.45) is 23.2 Å². The highest BCUT2D eigenvalue weighted by Crippen LogP contribution is 2.60. The first-order valence-corrected chi connectivity index (χ1v) is 9.11. The molecule has 4 aliphatic rings. The van der Waals surface area contributed by atoms with Gasteiger partial charge in [-0.3, -0.25) is 4.79 Å². The Morgan fingerprint density at radius 3 is 2.82 bits per heavy atom. The third-order valence-corrected chi connectivity index (χ3v) is 7.57. The van der Waals surface area contributed by atoms with E-state index in [0.717, 1.165) is 44.4 Å². The van der Waals surface area contributed by atoms with Crippen LogP contribution in [0.15, 0.2) is 11.6 Å². The van der Waals surface area contributed by atoms with Crippen molar-refractivity contribution >= 4 is 5.91 Å². The number of hydrogen-bond donors (Lipinski definition) is 2. The van der Waals surface area contributed by atoms with E-state index in [2.05, 4.69) is 25.2 Å². The Labute approximate surface area is 133 Å². The van der Waals surface area contributed by atoms with Crippen LogP contribution in [0.25, 0.3) is 0 Å². The van der Waals surface area contributed by atoms with Gasteiger partial charge in [-0.25, -0.2) is 0 Å². The van der Waals surface area contributed by atoms with Crippen LogP contribution in [0.4, 0.5) is 0 Å². The molecule has 6 atom stereocenters. The number of piperidine rings is 1. The number of aliphatic hydroxyl groups excluding tert-OH is 1. The fourth-order valence-corrected chi connectivity index (χ4v) is 6.32. The molecule has 1 saturated heterocycles. The first kappa shape index (κ1) is 14.7. The van der Waals surface area contributed by atoms with E-state index in [1.165, 1.54) is 12.0 Å². The van der Waals surface area contributed by atoms with E-state index in [0.29, 0.717) is 23.7 Å². The van der Waals surface area contributed by atoms with Crippen LogP contribution in [0.3, 0.4) is 0 Å². The molecular weight excluding hydrogens is 274 g/mol. The fourth-order valence-electron chi connectivity index (χ4n) is 6.32. The smallest absolute Gasteiger partial charge is 0.220 e. The molecule has 3 heteroatoms. The van der Waals surface area contributed by atoms with E-state index >= 15 is 0 Å². The van der Waals surface area contributed by atoms with E-state index < -0.39 is 0 Å². The van der Waals surface area contributed by atoms with Crippen molar-refractivity contribution in [1.82, 2.24) is 5.32 Å². The molecule has 0 spiro atoms. The van der Waals surface area contributed by atoms with Gasteiger partial charge in [0.15, 0.2) is 0 Å². The van der Waals surface area contributed by atoms with Gasteiger partial charge in [-0.15, -0.1) is 0 Å². The number of nitrogens with one attached hydrogen (secondary N) is 1. The summed E-state index contributed by atoms with van der Waals surface area (Å²) in [5.74, 6) is 2.33. The summed E-state index contributed by atoms with van der Waals surface area (Å²) in [6, 6.07) is 0. The molecule has 4 rings (SSSR count). The highest BCUT2D eigenvalue weighted by Gasteiger charge is 2.55. The van der Waals surface area contributed by atoms with Gasteiger partial charge < -0.3 is 10.4 Å². The molecule has 0 unspecified atom stereocenters. The first-order valence-electron chi connectivity index (χ1n) is 9.11. The number of fused-ring (bicyclic) bond motifs is 5. The van der Waals surface area contributed by atoms with Crippen LogP contribution in [0.1, 0.15) is 65.2 Å². The molecule has 1 heterocycles. The summed E-state index contributed by atoms with van der Waals surface area (Å²) in [6.45, 7) is 4.72. The highest BCUT2D eigenvalue weighted by molar-refractivity contribution is 5.77. The largest absolute Gasteiger partial charge is 0.393 e. The minimum Gasteiger partial charge on any atom is -0.393 e. The Bertz CT molecular complexity index is 528. The SMILES string of the molecule is C[C@@]12CC[C@H]3[C@@H](CC=C4C[C@@H](O)CC[C@@]43C)[C@H]1CCC(=O)N2. The van der Waals surface area contributed by atoms with Crippen molar-refractivity contribution in [2.75, 3.05) is 0 Å². The van der Waals surface area contributed by atoms with Gasteiger partial charge >= 0.3 is 0 Å². The van der Waals surface area contributed by atoms with Crippen molar-refractivity contribution in [2.45, 2.75) is 76.9 Å². The molecule has 2 saturated carbocycles. The van der Waals surface area contributed by atoms with Crippen molar-refractivity contribution in [3.8, 4) is 0 Å². The molecule has 122 valence electrons. The predicted octanol–water partition coefficient (Wildman–Crippen LogP) is 3.18. The number of carbonyl (C=O) groups excluding carboxylic acids is 1. The van der Waals surface area contributed by atoms with Crippen LogP contribution in [0.5, 0.6) is 0 Å². The molecule has 22 heavy (non-hydrogen) atoms. The lowest BCUT2D eigenvalue weighted by Gasteiger charge is -2.59. The van der Waals surface area contributed by atoms with Crippen molar-refractivity contribution in [3.63, 3.8) is 0 Å². The molecule has 0 bridgehead atoms. The summed E-state index contributed by atoms with van der Waals surface area (Å²) < 4.78 is 0. The maximum Gasteiger partial charge on any atom is 0.220 e. The van der Waals surface area contributed by atoms with Crippen LogP contribution >= 0.6 is 0 Å². The minimum absolute atomic E-state index is 0.0202. The van der Waals surface area contributed by atoms with Crippen LogP contribution in [0, 0.1) is 23.2 Å². The monoisotopic (exact) mass is 303 g/mol. The Balaban J connectivity index is 1.66. The van der Waals surface area contributed by atoms with E-state index in [-0.39, 0.29) is 17.6 Å². The van der Waals surface area contributed by atoms with Crippen molar-refractivity contribution < 1.29 is 9.90 Å². The van der Waals surface area contributed by atoms with Gasteiger partial charge in [0.25, 0.3) is 0 Å². The zero-order valence-electron chi connectivity index (χ0n) is 13.9. The summed E-state index contributed by atoms with van der Waals surface area (Å²) in [4.78, 5) is 11.9. The normalized spacial score (nSPS) is 51.0. The maximum absolute atomic E-state index is 11.9. The zero-order chi connectivity index (χ0) is 15.5. The number of allylic oxidation sites excluding steroid dienone is 1. The standard InChI is InChI=1S/C19H29NO2/c1-18-9-7-13(21)11-12(18)3-4-14-15(18)8-10-19(2)16(14)5-6-17(22)20-19/h3,13-16,21H,4-11H2,1-2H3,(H,20,22)/t13-,14+,15-,16+,18-,19+/m0/s1. The minimum atomic E-state index is -0.126. The predicted molar refractivity (Wildman–Crippen MR) is 86.2 cm³/mol. The van der Waals surface area contributed by atoms with Crippen LogP contribution in [-0.2, 0) is 4.79 Å². The lowest BCUT2D eigenvalue weighted by molar-refractivity contribution is -0.131. The molecule has 3 fully saturated rings. The van der Waals surface area contributed by atoms with Gasteiger partial charge in [-0.1, -0.05) is 18.6 Å². The Kier molecular flexibility index (Phi) is 3.24. The molecular formula is C19H29NO2. The second-order valence-electron chi connectivity index (χ2n) is 8.70. The van der Waals surface area contributed by atoms with Crippen LogP contribution in [0.2, 0.25) is 0 Å². The fraction of sp³-hybridized carbons (Fsp3) is 0.842. The van der Waals surface area contributed by atoms with Gasteiger partial charge in [0.05, 0.1) is 6.10 Å². The first-order chi connectivity index (χ1) is 10.4. The van der Waals surface area contributed by atoms with E-state index in [1.54, 1.807) is 0 Å². The Hall–Kier alpha value is -0.830. The number of aliphatic hydroxyl groups is 1. The number of rotatable bonds is 0. The summed E-state index contributed by atoms with van der Waals surface area (Å²) in [5.41, 5.74) is 1.84. The maximum atomic E-state index is 11.9. The summed E-state index contributed by atoms with van der Waals surface area (Å²) in [6.07, 6.45) is 10.6. The zero-order valence-corrected chi connectivity index (χ0v) is 13.9. The highest BCUT2D eigenvalue weighted by atomic mass is 16.3. The second-order valence-corrected chi connectivity index (χ2v) is 8.70. The topological polar surface area (TPSA) is 49.3 Å². The lowest BCUT2D eigenvalue weighted by atomic mass is 9.48. The molecule has 0 aromatic carbocycles. The summed E-state index contributed by atoms with van der Waals surface area (Å²) in [5, 5.41) is 13.3. The lowest BCUT2D eigenvalue weighted by Crippen LogP contribution is -2.62. The van der Waals surface area contributed by atoms with Crippen molar-refractivity contribution in [1.29, 1.82) is 0 Å². The van der Waals surface area contributed by atoms with Gasteiger partial charge in [-0.05, 0) is 75.0 Å². The number of hydrogen-bond acceptors (Lipinski definition) is 2. The van der Waals surface area contributed by atoms with Gasteiger partial charge in [0.2, 0.25) is 5.91 Å². The Morgan fingerprint density at radius 2 is 2.00 bits per heavy atom. The summed E-state index contributed by atoms with van der Waals surface area (Å²) in [7, 11) is 0. The van der Waals surface area contributed by atoms with E-state index in [1.807, 2.05) is 0 Å². The quantitative estimate of drug-likeness (QED) is 0.675. The van der Waals surface area contributed by atoms with Crippen LogP contribution in [-0.4, -0.2) is 22.7 Å². The van der Waals surface area contributed by atoms with E-state index in [4.69, 9.17) is 0 Å². The average molecular weight is 303 g/mol. The van der Waals surface area contributed by atoms with Gasteiger partial charge in [0.1, 0.15) is 0 Å². The Morgan fingerprint density at radius 1 is 1.18 bits per heavy atom.